The zero-order chi connectivity index (χ0) is 18.4. The van der Waals surface area contributed by atoms with Crippen molar-refractivity contribution in [2.45, 2.75) is 33.6 Å². The summed E-state index contributed by atoms with van der Waals surface area (Å²) in [5.41, 5.74) is 2.59. The molecular weight excluding hydrogens is 324 g/mol. The number of nitrogens with one attached hydrogen (secondary N) is 1. The second-order valence-corrected chi connectivity index (χ2v) is 5.65. The monoisotopic (exact) mass is 344 g/mol. The number of esters is 1. The van der Waals surface area contributed by atoms with Crippen LogP contribution in [0.25, 0.3) is 0 Å². The lowest BCUT2D eigenvalue weighted by Gasteiger charge is -2.07. The van der Waals surface area contributed by atoms with Gasteiger partial charge in [-0.2, -0.15) is 0 Å². The predicted molar refractivity (Wildman–Crippen MR) is 90.3 cm³/mol. The summed E-state index contributed by atoms with van der Waals surface area (Å²) < 4.78 is 9.99. The maximum absolute atomic E-state index is 11.8. The fourth-order valence-corrected chi connectivity index (χ4v) is 2.32. The molecule has 0 atom stereocenters. The molecule has 7 heteroatoms. The molecule has 0 bridgehead atoms. The van der Waals surface area contributed by atoms with Gasteiger partial charge in [0.15, 0.2) is 12.4 Å². The molecule has 1 N–H and O–H groups in total. The van der Waals surface area contributed by atoms with Crippen molar-refractivity contribution < 1.29 is 23.6 Å². The number of carbonyl (C=O) groups excluding carboxylic acids is 3. The molecule has 0 saturated heterocycles. The van der Waals surface area contributed by atoms with E-state index in [1.165, 1.54) is 6.92 Å². The van der Waals surface area contributed by atoms with Crippen molar-refractivity contribution in [1.29, 1.82) is 0 Å². The number of hydrogen-bond acceptors (Lipinski definition) is 6. The maximum Gasteiger partial charge on any atom is 0.306 e. The van der Waals surface area contributed by atoms with E-state index in [0.717, 1.165) is 11.3 Å². The predicted octanol–water partition coefficient (Wildman–Crippen LogP) is 2.61. The quantitative estimate of drug-likeness (QED) is 0.612. The van der Waals surface area contributed by atoms with E-state index in [1.807, 2.05) is 0 Å². The SMILES string of the molecule is CC(=O)c1cccc(NC(=O)COC(=O)CCc2c(C)noc2C)c1. The number of ether oxygens (including phenoxy) is 1. The van der Waals surface area contributed by atoms with Crippen LogP contribution in [0.4, 0.5) is 5.69 Å². The van der Waals surface area contributed by atoms with Gasteiger partial charge in [-0.3, -0.25) is 14.4 Å². The van der Waals surface area contributed by atoms with Crippen LogP contribution in [0.1, 0.15) is 40.7 Å². The number of carbonyl (C=O) groups is 3. The van der Waals surface area contributed by atoms with Gasteiger partial charge in [0.2, 0.25) is 0 Å². The van der Waals surface area contributed by atoms with Gasteiger partial charge in [-0.15, -0.1) is 0 Å². The number of hydrogen-bond donors (Lipinski definition) is 1. The van der Waals surface area contributed by atoms with E-state index in [2.05, 4.69) is 10.5 Å². The highest BCUT2D eigenvalue weighted by molar-refractivity contribution is 5.97. The maximum atomic E-state index is 11.8. The molecule has 2 rings (SSSR count). The van der Waals surface area contributed by atoms with Crippen molar-refractivity contribution in [1.82, 2.24) is 5.16 Å². The number of amides is 1. The van der Waals surface area contributed by atoms with Crippen LogP contribution in [0.2, 0.25) is 0 Å². The zero-order valence-electron chi connectivity index (χ0n) is 14.4. The van der Waals surface area contributed by atoms with Gasteiger partial charge < -0.3 is 14.6 Å². The number of nitrogens with zero attached hydrogens (tertiary/aromatic N) is 1. The topological polar surface area (TPSA) is 98.5 Å². The third-order valence-electron chi connectivity index (χ3n) is 3.68. The third kappa shape index (κ3) is 5.27. The van der Waals surface area contributed by atoms with Gasteiger partial charge in [-0.25, -0.2) is 0 Å². The first-order valence-electron chi connectivity index (χ1n) is 7.85. The van der Waals surface area contributed by atoms with Gasteiger partial charge in [0.25, 0.3) is 5.91 Å². The Morgan fingerprint density at radius 3 is 2.64 bits per heavy atom. The molecule has 0 radical (unpaired) electrons. The van der Waals surface area contributed by atoms with Crippen LogP contribution in [0.15, 0.2) is 28.8 Å². The summed E-state index contributed by atoms with van der Waals surface area (Å²) in [6.07, 6.45) is 0.582. The average molecular weight is 344 g/mol. The smallest absolute Gasteiger partial charge is 0.306 e. The van der Waals surface area contributed by atoms with Crippen LogP contribution in [0.5, 0.6) is 0 Å². The molecular formula is C18H20N2O5. The summed E-state index contributed by atoms with van der Waals surface area (Å²) in [5.74, 6) is -0.366. The van der Waals surface area contributed by atoms with Crippen LogP contribution in [0.3, 0.4) is 0 Å². The highest BCUT2D eigenvalue weighted by Crippen LogP contribution is 2.14. The molecule has 2 aromatic rings. The largest absolute Gasteiger partial charge is 0.456 e. The molecule has 0 aliphatic rings. The van der Waals surface area contributed by atoms with Gasteiger partial charge >= 0.3 is 5.97 Å². The van der Waals surface area contributed by atoms with E-state index in [-0.39, 0.29) is 18.8 Å². The first-order chi connectivity index (χ1) is 11.9. The second-order valence-electron chi connectivity index (χ2n) is 5.65. The van der Waals surface area contributed by atoms with Crippen LogP contribution in [0, 0.1) is 13.8 Å². The molecule has 0 fully saturated rings. The Hall–Kier alpha value is -2.96. The number of aryl methyl sites for hydroxylation is 2. The summed E-state index contributed by atoms with van der Waals surface area (Å²) in [6, 6.07) is 6.55. The average Bonchev–Trinajstić information content (AvgIpc) is 2.89. The molecule has 0 saturated carbocycles. The molecule has 7 nitrogen and oxygen atoms in total. The van der Waals surface area contributed by atoms with E-state index < -0.39 is 11.9 Å². The molecule has 0 aliphatic carbocycles. The minimum absolute atomic E-state index is 0.0955. The number of ketones is 1. The Kier molecular flexibility index (Phi) is 6.05. The molecule has 132 valence electrons. The first-order valence-corrected chi connectivity index (χ1v) is 7.85. The summed E-state index contributed by atoms with van der Waals surface area (Å²) in [7, 11) is 0. The van der Waals surface area contributed by atoms with Gasteiger partial charge in [-0.05, 0) is 39.3 Å². The van der Waals surface area contributed by atoms with E-state index in [0.29, 0.717) is 23.4 Å². The molecule has 0 unspecified atom stereocenters. The van der Waals surface area contributed by atoms with E-state index >= 15 is 0 Å². The summed E-state index contributed by atoms with van der Waals surface area (Å²) in [4.78, 5) is 34.9. The molecule has 0 spiro atoms. The molecule has 1 amide bonds. The lowest BCUT2D eigenvalue weighted by Crippen LogP contribution is -2.21. The second kappa shape index (κ2) is 8.23. The Morgan fingerprint density at radius 2 is 2.00 bits per heavy atom. The minimum atomic E-state index is -0.479. The van der Waals surface area contributed by atoms with Crippen molar-refractivity contribution in [3.63, 3.8) is 0 Å². The van der Waals surface area contributed by atoms with Crippen LogP contribution >= 0.6 is 0 Å². The van der Waals surface area contributed by atoms with Crippen molar-refractivity contribution in [2.24, 2.45) is 0 Å². The number of benzene rings is 1. The lowest BCUT2D eigenvalue weighted by molar-refractivity contribution is -0.147. The standard InChI is InChI=1S/C18H20N2O5/c1-11-16(13(3)25-20-11)7-8-18(23)24-10-17(22)19-15-6-4-5-14(9-15)12(2)21/h4-6,9H,7-8,10H2,1-3H3,(H,19,22). The zero-order valence-corrected chi connectivity index (χ0v) is 14.4. The van der Waals surface area contributed by atoms with E-state index in [9.17, 15) is 14.4 Å². The van der Waals surface area contributed by atoms with Crippen molar-refractivity contribution >= 4 is 23.3 Å². The van der Waals surface area contributed by atoms with Crippen molar-refractivity contribution in [3.05, 3.63) is 46.8 Å². The summed E-state index contributed by atoms with van der Waals surface area (Å²) in [5, 5.41) is 6.41. The Labute approximate surface area is 145 Å². The van der Waals surface area contributed by atoms with Gasteiger partial charge in [-0.1, -0.05) is 17.3 Å². The van der Waals surface area contributed by atoms with Gasteiger partial charge in [0, 0.05) is 23.2 Å². The highest BCUT2D eigenvalue weighted by atomic mass is 16.5. The summed E-state index contributed by atoms with van der Waals surface area (Å²) >= 11 is 0. The summed E-state index contributed by atoms with van der Waals surface area (Å²) in [6.45, 7) is 4.65. The van der Waals surface area contributed by atoms with Crippen molar-refractivity contribution in [2.75, 3.05) is 11.9 Å². The van der Waals surface area contributed by atoms with Crippen molar-refractivity contribution in [3.8, 4) is 0 Å². The normalized spacial score (nSPS) is 10.4. The molecule has 0 aliphatic heterocycles. The van der Waals surface area contributed by atoms with Gasteiger partial charge in [0.05, 0.1) is 5.69 Å². The van der Waals surface area contributed by atoms with Crippen LogP contribution < -0.4 is 5.32 Å². The van der Waals surface area contributed by atoms with E-state index in [1.54, 1.807) is 38.1 Å². The molecule has 1 aromatic heterocycles. The number of anilines is 1. The first kappa shape index (κ1) is 18.4. The number of aromatic nitrogens is 1. The Balaban J connectivity index is 1.78. The number of rotatable bonds is 7. The molecule has 1 aromatic carbocycles. The highest BCUT2D eigenvalue weighted by Gasteiger charge is 2.13. The molecule has 1 heterocycles. The Bertz CT molecular complexity index is 775. The minimum Gasteiger partial charge on any atom is -0.456 e. The fraction of sp³-hybridized carbons (Fsp3) is 0.333. The number of Topliss-reactive ketones (excluding diaryl/α,β-unsaturated/α-hetero) is 1. The third-order valence-corrected chi connectivity index (χ3v) is 3.68. The molecule has 25 heavy (non-hydrogen) atoms. The van der Waals surface area contributed by atoms with Crippen LogP contribution in [-0.4, -0.2) is 29.4 Å². The van der Waals surface area contributed by atoms with E-state index in [4.69, 9.17) is 9.26 Å². The van der Waals surface area contributed by atoms with Crippen LogP contribution in [-0.2, 0) is 20.7 Å². The van der Waals surface area contributed by atoms with Gasteiger partial charge in [0.1, 0.15) is 5.76 Å². The fourth-order valence-electron chi connectivity index (χ4n) is 2.32. The Morgan fingerprint density at radius 1 is 1.24 bits per heavy atom. The lowest BCUT2D eigenvalue weighted by atomic mass is 10.1.